The van der Waals surface area contributed by atoms with Crippen molar-refractivity contribution in [2.45, 2.75) is 45.6 Å². The maximum atomic E-state index is 12.2. The Labute approximate surface area is 139 Å². The van der Waals surface area contributed by atoms with Crippen LogP contribution in [0.15, 0.2) is 6.07 Å². The van der Waals surface area contributed by atoms with Gasteiger partial charge in [-0.25, -0.2) is 9.59 Å². The third kappa shape index (κ3) is 4.31. The average molecular weight is 339 g/mol. The number of nitrogens with one attached hydrogen (secondary N) is 1. The normalized spacial score (nSPS) is 17.8. The Morgan fingerprint density at radius 2 is 2.17 bits per heavy atom. The van der Waals surface area contributed by atoms with Gasteiger partial charge in [0, 0.05) is 4.88 Å². The fraction of sp³-hybridized carbons (Fsp3) is 0.562. The molecule has 0 unspecified atom stereocenters. The van der Waals surface area contributed by atoms with Crippen LogP contribution in [0.4, 0.5) is 4.79 Å². The summed E-state index contributed by atoms with van der Waals surface area (Å²) < 4.78 is 9.45. The van der Waals surface area contributed by atoms with Gasteiger partial charge < -0.3 is 9.47 Å². The molecule has 1 aromatic heterocycles. The molecule has 0 radical (unpaired) electrons. The highest BCUT2D eigenvalue weighted by molar-refractivity contribution is 7.14. The zero-order valence-corrected chi connectivity index (χ0v) is 14.3. The van der Waals surface area contributed by atoms with Crippen LogP contribution >= 0.6 is 11.3 Å². The molecule has 1 heterocycles. The van der Waals surface area contributed by atoms with Crippen LogP contribution in [0, 0.1) is 5.92 Å². The summed E-state index contributed by atoms with van der Waals surface area (Å²) in [6.45, 7) is 3.59. The number of ether oxygens (including phenoxy) is 2. The molecule has 23 heavy (non-hydrogen) atoms. The molecule has 0 aromatic carbocycles. The molecular formula is C16H21NO5S. The number of imide groups is 1. The molecule has 6 nitrogen and oxygen atoms in total. The van der Waals surface area contributed by atoms with Gasteiger partial charge in [0.15, 0.2) is 6.10 Å². The summed E-state index contributed by atoms with van der Waals surface area (Å²) in [4.78, 5) is 36.6. The van der Waals surface area contributed by atoms with E-state index in [1.165, 1.54) is 28.7 Å². The molecule has 126 valence electrons. The highest BCUT2D eigenvalue weighted by atomic mass is 32.1. The van der Waals surface area contributed by atoms with Crippen LogP contribution in [0.1, 0.15) is 46.8 Å². The number of carbonyl (C=O) groups is 3. The van der Waals surface area contributed by atoms with Gasteiger partial charge in [-0.1, -0.05) is 13.3 Å². The Kier molecular flexibility index (Phi) is 5.76. The number of fused-ring (bicyclic) bond motifs is 1. The van der Waals surface area contributed by atoms with Gasteiger partial charge in [-0.2, -0.15) is 0 Å². The lowest BCUT2D eigenvalue weighted by molar-refractivity contribution is -0.128. The third-order valence-corrected chi connectivity index (χ3v) is 5.24. The first-order valence-electron chi connectivity index (χ1n) is 7.66. The largest absolute Gasteiger partial charge is 0.453 e. The number of hydrogen-bond donors (Lipinski definition) is 1. The van der Waals surface area contributed by atoms with E-state index in [2.05, 4.69) is 11.7 Å². The molecule has 0 saturated carbocycles. The molecule has 2 atom stereocenters. The molecule has 0 spiro atoms. The Morgan fingerprint density at radius 3 is 2.83 bits per heavy atom. The van der Waals surface area contributed by atoms with E-state index in [1.807, 2.05) is 11.4 Å². The zero-order valence-electron chi connectivity index (χ0n) is 13.5. The van der Waals surface area contributed by atoms with Gasteiger partial charge in [0.1, 0.15) is 4.88 Å². The van der Waals surface area contributed by atoms with Crippen molar-refractivity contribution < 1.29 is 23.9 Å². The lowest BCUT2D eigenvalue weighted by atomic mass is 9.87. The summed E-state index contributed by atoms with van der Waals surface area (Å²) in [6, 6.07) is 1.87. The van der Waals surface area contributed by atoms with E-state index in [0.29, 0.717) is 10.8 Å². The molecular weight excluding hydrogens is 318 g/mol. The summed E-state index contributed by atoms with van der Waals surface area (Å²) in [5.41, 5.74) is 1.21. The molecule has 0 bridgehead atoms. The van der Waals surface area contributed by atoms with Gasteiger partial charge in [0.25, 0.3) is 5.91 Å². The summed E-state index contributed by atoms with van der Waals surface area (Å²) in [6.07, 6.45) is 2.33. The fourth-order valence-electron chi connectivity index (χ4n) is 2.57. The highest BCUT2D eigenvalue weighted by Gasteiger charge is 2.25. The molecule has 2 rings (SSSR count). The van der Waals surface area contributed by atoms with Gasteiger partial charge in [-0.15, -0.1) is 11.3 Å². The van der Waals surface area contributed by atoms with Gasteiger partial charge in [-0.05, 0) is 43.7 Å². The van der Waals surface area contributed by atoms with Crippen molar-refractivity contribution in [2.24, 2.45) is 5.92 Å². The van der Waals surface area contributed by atoms with E-state index < -0.39 is 24.1 Å². The quantitative estimate of drug-likeness (QED) is 0.853. The van der Waals surface area contributed by atoms with Crippen LogP contribution in [0.3, 0.4) is 0 Å². The average Bonchev–Trinajstić information content (AvgIpc) is 2.97. The Balaban J connectivity index is 1.97. The van der Waals surface area contributed by atoms with Crippen molar-refractivity contribution >= 4 is 29.3 Å². The first kappa shape index (κ1) is 17.5. The molecule has 7 heteroatoms. The second-order valence-electron chi connectivity index (χ2n) is 5.60. The molecule has 1 aromatic rings. The molecule has 2 amide bonds. The van der Waals surface area contributed by atoms with Crippen LogP contribution in [0.2, 0.25) is 0 Å². The predicted octanol–water partition coefficient (Wildman–Crippen LogP) is 2.69. The first-order valence-corrected chi connectivity index (χ1v) is 8.47. The van der Waals surface area contributed by atoms with E-state index in [-0.39, 0.29) is 0 Å². The van der Waals surface area contributed by atoms with Gasteiger partial charge in [0.2, 0.25) is 0 Å². The summed E-state index contributed by atoms with van der Waals surface area (Å²) in [5, 5.41) is 1.97. The minimum Gasteiger partial charge on any atom is -0.453 e. The Hall–Kier alpha value is -1.89. The second kappa shape index (κ2) is 7.59. The van der Waals surface area contributed by atoms with Gasteiger partial charge in [0.05, 0.1) is 7.11 Å². The van der Waals surface area contributed by atoms with Crippen LogP contribution in [0.25, 0.3) is 0 Å². The first-order chi connectivity index (χ1) is 10.9. The van der Waals surface area contributed by atoms with Gasteiger partial charge in [-0.3, -0.25) is 10.1 Å². The van der Waals surface area contributed by atoms with Crippen molar-refractivity contribution in [3.05, 3.63) is 21.4 Å². The molecule has 1 N–H and O–H groups in total. The van der Waals surface area contributed by atoms with Crippen LogP contribution in [-0.2, 0) is 27.1 Å². The number of carbonyl (C=O) groups excluding carboxylic acids is 3. The Bertz CT molecular complexity index is 610. The summed E-state index contributed by atoms with van der Waals surface area (Å²) >= 11 is 1.43. The molecule has 0 saturated heterocycles. The predicted molar refractivity (Wildman–Crippen MR) is 85.6 cm³/mol. The lowest BCUT2D eigenvalue weighted by Gasteiger charge is -2.19. The number of thiophene rings is 1. The van der Waals surface area contributed by atoms with Crippen molar-refractivity contribution in [1.29, 1.82) is 0 Å². The highest BCUT2D eigenvalue weighted by Crippen LogP contribution is 2.33. The maximum Gasteiger partial charge on any atom is 0.413 e. The second-order valence-corrected chi connectivity index (χ2v) is 6.74. The van der Waals surface area contributed by atoms with E-state index in [9.17, 15) is 14.4 Å². The number of rotatable bonds is 4. The minimum atomic E-state index is -1.07. The molecule has 0 aliphatic heterocycles. The lowest BCUT2D eigenvalue weighted by Crippen LogP contribution is -2.39. The van der Waals surface area contributed by atoms with Crippen molar-refractivity contribution in [2.75, 3.05) is 7.11 Å². The van der Waals surface area contributed by atoms with Crippen LogP contribution < -0.4 is 5.32 Å². The topological polar surface area (TPSA) is 81.7 Å². The van der Waals surface area contributed by atoms with Crippen molar-refractivity contribution in [3.8, 4) is 0 Å². The van der Waals surface area contributed by atoms with E-state index >= 15 is 0 Å². The van der Waals surface area contributed by atoms with Crippen LogP contribution in [0.5, 0.6) is 0 Å². The number of aryl methyl sites for hydroxylation is 1. The Morgan fingerprint density at radius 1 is 1.43 bits per heavy atom. The summed E-state index contributed by atoms with van der Waals surface area (Å²) in [5.74, 6) is -0.576. The number of alkyl carbamates (subject to hydrolysis) is 1. The van der Waals surface area contributed by atoms with Crippen molar-refractivity contribution in [1.82, 2.24) is 5.32 Å². The summed E-state index contributed by atoms with van der Waals surface area (Å²) in [7, 11) is 1.15. The third-order valence-electron chi connectivity index (χ3n) is 4.03. The SMILES string of the molecule is CC[C@H]1CCc2sc(C(=O)O[C@@H](C)C(=O)NC(=O)OC)cc2C1. The van der Waals surface area contributed by atoms with Crippen LogP contribution in [-0.4, -0.2) is 31.2 Å². The maximum absolute atomic E-state index is 12.2. The molecule has 1 aliphatic carbocycles. The monoisotopic (exact) mass is 339 g/mol. The number of methoxy groups -OCH3 is 1. The number of esters is 1. The van der Waals surface area contributed by atoms with Gasteiger partial charge >= 0.3 is 12.1 Å². The van der Waals surface area contributed by atoms with E-state index in [4.69, 9.17) is 4.74 Å². The standard InChI is InChI=1S/C16H21NO5S/c1-4-10-5-6-12-11(7-10)8-13(23-12)15(19)22-9(2)14(18)17-16(20)21-3/h8-10H,4-7H2,1-3H3,(H,17,18,20)/t9-,10-/m0/s1. The fourth-order valence-corrected chi connectivity index (χ4v) is 3.66. The van der Waals surface area contributed by atoms with Crippen molar-refractivity contribution in [3.63, 3.8) is 0 Å². The number of amides is 2. The number of hydrogen-bond acceptors (Lipinski definition) is 6. The molecule has 0 fully saturated rings. The smallest absolute Gasteiger partial charge is 0.413 e. The van der Waals surface area contributed by atoms with E-state index in [1.54, 1.807) is 0 Å². The molecule has 1 aliphatic rings. The zero-order chi connectivity index (χ0) is 17.0. The minimum absolute atomic E-state index is 0.504. The van der Waals surface area contributed by atoms with E-state index in [0.717, 1.165) is 32.8 Å².